The Bertz CT molecular complexity index is 736. The molecule has 7 heteroatoms. The number of nitrogens with one attached hydrogen (secondary N) is 1. The minimum Gasteiger partial charge on any atom is -0.399 e. The van der Waals surface area contributed by atoms with Gasteiger partial charge in [0.15, 0.2) is 0 Å². The number of rotatable bonds is 4. The third kappa shape index (κ3) is 6.09. The van der Waals surface area contributed by atoms with Gasteiger partial charge in [-0.15, -0.1) is 24.8 Å². The van der Waals surface area contributed by atoms with Gasteiger partial charge in [0, 0.05) is 48.1 Å². The first-order valence-corrected chi connectivity index (χ1v) is 9.34. The van der Waals surface area contributed by atoms with Crippen LogP contribution in [0.2, 0.25) is 0 Å². The molecule has 3 N–H and O–H groups in total. The molecule has 0 unspecified atom stereocenters. The van der Waals surface area contributed by atoms with Crippen LogP contribution in [0.25, 0.3) is 0 Å². The average Bonchev–Trinajstić information content (AvgIpc) is 2.58. The van der Waals surface area contributed by atoms with Crippen LogP contribution in [0.5, 0.6) is 0 Å². The molecule has 4 nitrogen and oxygen atoms in total. The second-order valence-corrected chi connectivity index (χ2v) is 7.34. The van der Waals surface area contributed by atoms with E-state index in [9.17, 15) is 4.79 Å². The summed E-state index contributed by atoms with van der Waals surface area (Å²) in [5, 5.41) is 2.99. The number of nitrogens with two attached hydrogens (primary N) is 1. The van der Waals surface area contributed by atoms with Crippen LogP contribution < -0.4 is 11.1 Å². The van der Waals surface area contributed by atoms with Crippen molar-refractivity contribution in [2.75, 3.05) is 35.6 Å². The van der Waals surface area contributed by atoms with E-state index in [1.54, 1.807) is 6.07 Å². The summed E-state index contributed by atoms with van der Waals surface area (Å²) in [5.74, 6) is 2.28. The molecule has 3 rings (SSSR count). The van der Waals surface area contributed by atoms with Crippen LogP contribution in [-0.4, -0.2) is 35.4 Å². The van der Waals surface area contributed by atoms with E-state index in [4.69, 9.17) is 5.73 Å². The molecule has 26 heavy (non-hydrogen) atoms. The fraction of sp³-hybridized carbons (Fsp3) is 0.316. The van der Waals surface area contributed by atoms with Crippen molar-refractivity contribution in [3.63, 3.8) is 0 Å². The van der Waals surface area contributed by atoms with Crippen LogP contribution in [-0.2, 0) is 6.54 Å². The molecule has 0 bridgehead atoms. The number of nitrogens with zero attached hydrogens (tertiary/aromatic N) is 1. The number of hydrogen-bond acceptors (Lipinski definition) is 4. The molecular weight excluding hydrogens is 389 g/mol. The summed E-state index contributed by atoms with van der Waals surface area (Å²) in [5.41, 5.74) is 9.99. The molecule has 0 aliphatic carbocycles. The van der Waals surface area contributed by atoms with Gasteiger partial charge in [-0.05, 0) is 42.3 Å². The van der Waals surface area contributed by atoms with Gasteiger partial charge in [0.25, 0.3) is 5.91 Å². The summed E-state index contributed by atoms with van der Waals surface area (Å²) in [7, 11) is 0. The normalized spacial score (nSPS) is 14.0. The Labute approximate surface area is 171 Å². The monoisotopic (exact) mass is 413 g/mol. The van der Waals surface area contributed by atoms with Gasteiger partial charge >= 0.3 is 0 Å². The molecule has 0 radical (unpaired) electrons. The Balaban J connectivity index is 0.00000169. The predicted octanol–water partition coefficient (Wildman–Crippen LogP) is 4.22. The second kappa shape index (κ2) is 10.7. The standard InChI is InChI=1S/C19H23N3OS.2ClH/c1-14-5-6-16(20)12-18(14)19(23)21-17-4-2-3-15(11-17)13-22-7-9-24-10-8-22;;/h2-6,11-12H,7-10,13,20H2,1H3,(H,21,23);2*1H. The minimum absolute atomic E-state index is 0. The van der Waals surface area contributed by atoms with E-state index in [0.717, 1.165) is 30.9 Å². The molecule has 0 spiro atoms. The van der Waals surface area contributed by atoms with E-state index in [0.29, 0.717) is 11.3 Å². The van der Waals surface area contributed by atoms with E-state index < -0.39 is 0 Å². The second-order valence-electron chi connectivity index (χ2n) is 6.12. The highest BCUT2D eigenvalue weighted by Crippen LogP contribution is 2.18. The van der Waals surface area contributed by atoms with Crippen LogP contribution in [0.1, 0.15) is 21.5 Å². The molecule has 0 atom stereocenters. The lowest BCUT2D eigenvalue weighted by Gasteiger charge is -2.26. The zero-order valence-corrected chi connectivity index (χ0v) is 17.2. The topological polar surface area (TPSA) is 58.4 Å². The van der Waals surface area contributed by atoms with E-state index in [1.165, 1.54) is 17.1 Å². The van der Waals surface area contributed by atoms with Gasteiger partial charge in [0.05, 0.1) is 0 Å². The molecule has 0 saturated carbocycles. The molecule has 1 amide bonds. The largest absolute Gasteiger partial charge is 0.399 e. The van der Waals surface area contributed by atoms with Crippen molar-refractivity contribution in [2.24, 2.45) is 0 Å². The number of carbonyl (C=O) groups excluding carboxylic acids is 1. The maximum Gasteiger partial charge on any atom is 0.256 e. The van der Waals surface area contributed by atoms with Crippen molar-refractivity contribution in [3.05, 3.63) is 59.2 Å². The van der Waals surface area contributed by atoms with Gasteiger partial charge in [-0.25, -0.2) is 0 Å². The number of aryl methyl sites for hydroxylation is 1. The van der Waals surface area contributed by atoms with Gasteiger partial charge in [0.1, 0.15) is 0 Å². The van der Waals surface area contributed by atoms with Crippen LogP contribution in [0, 0.1) is 6.92 Å². The number of anilines is 2. The summed E-state index contributed by atoms with van der Waals surface area (Å²) >= 11 is 2.01. The van der Waals surface area contributed by atoms with Crippen LogP contribution >= 0.6 is 36.6 Å². The van der Waals surface area contributed by atoms with Crippen LogP contribution in [0.15, 0.2) is 42.5 Å². The fourth-order valence-electron chi connectivity index (χ4n) is 2.85. The van der Waals surface area contributed by atoms with Gasteiger partial charge in [-0.2, -0.15) is 11.8 Å². The quantitative estimate of drug-likeness (QED) is 0.736. The number of benzene rings is 2. The smallest absolute Gasteiger partial charge is 0.256 e. The van der Waals surface area contributed by atoms with Gasteiger partial charge in [0.2, 0.25) is 0 Å². The molecule has 1 saturated heterocycles. The summed E-state index contributed by atoms with van der Waals surface area (Å²) < 4.78 is 0. The highest BCUT2D eigenvalue weighted by Gasteiger charge is 2.12. The Morgan fingerprint density at radius 1 is 1.15 bits per heavy atom. The molecule has 2 aromatic carbocycles. The predicted molar refractivity (Wildman–Crippen MR) is 117 cm³/mol. The van der Waals surface area contributed by atoms with Crippen molar-refractivity contribution < 1.29 is 4.79 Å². The summed E-state index contributed by atoms with van der Waals surface area (Å²) in [4.78, 5) is 15.0. The van der Waals surface area contributed by atoms with Crippen molar-refractivity contribution >= 4 is 53.9 Å². The first-order valence-electron chi connectivity index (χ1n) is 8.18. The molecule has 2 aromatic rings. The molecule has 142 valence electrons. The highest BCUT2D eigenvalue weighted by atomic mass is 35.5. The summed E-state index contributed by atoms with van der Waals surface area (Å²) in [6.45, 7) is 5.11. The zero-order valence-electron chi connectivity index (χ0n) is 14.7. The Morgan fingerprint density at radius 3 is 2.62 bits per heavy atom. The third-order valence-corrected chi connectivity index (χ3v) is 5.14. The van der Waals surface area contributed by atoms with E-state index in [1.807, 2.05) is 43.0 Å². The van der Waals surface area contributed by atoms with E-state index in [-0.39, 0.29) is 30.7 Å². The SMILES string of the molecule is Cc1ccc(N)cc1C(=O)Nc1cccc(CN2CCSCC2)c1.Cl.Cl. The summed E-state index contributed by atoms with van der Waals surface area (Å²) in [6.07, 6.45) is 0. The highest BCUT2D eigenvalue weighted by molar-refractivity contribution is 7.99. The van der Waals surface area contributed by atoms with Crippen LogP contribution in [0.3, 0.4) is 0 Å². The summed E-state index contributed by atoms with van der Waals surface area (Å²) in [6, 6.07) is 13.5. The van der Waals surface area contributed by atoms with Crippen molar-refractivity contribution in [1.29, 1.82) is 0 Å². The lowest BCUT2D eigenvalue weighted by Crippen LogP contribution is -2.31. The minimum atomic E-state index is -0.119. The number of amides is 1. The first kappa shape index (κ1) is 22.6. The molecule has 1 heterocycles. The van der Waals surface area contributed by atoms with Crippen molar-refractivity contribution in [2.45, 2.75) is 13.5 Å². The number of halogens is 2. The third-order valence-electron chi connectivity index (χ3n) is 4.20. The van der Waals surface area contributed by atoms with E-state index >= 15 is 0 Å². The molecule has 0 aromatic heterocycles. The molecular formula is C19H25Cl2N3OS. The molecule has 1 aliphatic heterocycles. The maximum atomic E-state index is 12.5. The first-order chi connectivity index (χ1) is 11.6. The van der Waals surface area contributed by atoms with Gasteiger partial charge < -0.3 is 11.1 Å². The number of nitrogen functional groups attached to an aromatic ring is 1. The lowest BCUT2D eigenvalue weighted by molar-refractivity contribution is 0.102. The van der Waals surface area contributed by atoms with Crippen molar-refractivity contribution in [1.82, 2.24) is 4.90 Å². The lowest BCUT2D eigenvalue weighted by atomic mass is 10.1. The molecule has 1 aliphatic rings. The Hall–Kier alpha value is -1.40. The number of carbonyl (C=O) groups is 1. The zero-order chi connectivity index (χ0) is 16.9. The van der Waals surface area contributed by atoms with Crippen molar-refractivity contribution in [3.8, 4) is 0 Å². The Kier molecular flexibility index (Phi) is 9.30. The number of thioether (sulfide) groups is 1. The maximum absolute atomic E-state index is 12.5. The molecule has 1 fully saturated rings. The Morgan fingerprint density at radius 2 is 1.88 bits per heavy atom. The average molecular weight is 414 g/mol. The van der Waals surface area contributed by atoms with Crippen LogP contribution in [0.4, 0.5) is 11.4 Å². The van der Waals surface area contributed by atoms with E-state index in [2.05, 4.69) is 22.3 Å². The van der Waals surface area contributed by atoms with Gasteiger partial charge in [-0.3, -0.25) is 9.69 Å². The van der Waals surface area contributed by atoms with Gasteiger partial charge in [-0.1, -0.05) is 18.2 Å². The fourth-order valence-corrected chi connectivity index (χ4v) is 3.83. The number of hydrogen-bond donors (Lipinski definition) is 2.